The van der Waals surface area contributed by atoms with E-state index < -0.39 is 9.84 Å². The highest BCUT2D eigenvalue weighted by atomic mass is 32.2. The standard InChI is InChI=1S/C13H26N2O2S/c1-18(16,17)13-5-2-4-12(10-13)15(9-3-8-14)11-6-7-11/h11-13H,2-10,14H2,1H3. The van der Waals surface area contributed by atoms with Crippen molar-refractivity contribution in [2.45, 2.75) is 62.3 Å². The molecule has 2 atom stereocenters. The lowest BCUT2D eigenvalue weighted by Crippen LogP contribution is -2.44. The van der Waals surface area contributed by atoms with E-state index in [4.69, 9.17) is 5.73 Å². The van der Waals surface area contributed by atoms with Gasteiger partial charge in [-0.1, -0.05) is 6.42 Å². The summed E-state index contributed by atoms with van der Waals surface area (Å²) in [4.78, 5) is 2.55. The molecule has 0 spiro atoms. The van der Waals surface area contributed by atoms with E-state index in [-0.39, 0.29) is 5.25 Å². The lowest BCUT2D eigenvalue weighted by molar-refractivity contribution is 0.147. The van der Waals surface area contributed by atoms with Gasteiger partial charge in [0.15, 0.2) is 0 Å². The molecule has 2 aliphatic rings. The maximum absolute atomic E-state index is 11.7. The van der Waals surface area contributed by atoms with Crippen LogP contribution in [0.1, 0.15) is 44.9 Å². The molecule has 4 nitrogen and oxygen atoms in total. The lowest BCUT2D eigenvalue weighted by Gasteiger charge is -2.37. The SMILES string of the molecule is CS(=O)(=O)C1CCCC(N(CCCN)C2CC2)C1. The van der Waals surface area contributed by atoms with Crippen LogP contribution < -0.4 is 5.73 Å². The van der Waals surface area contributed by atoms with Gasteiger partial charge in [0.2, 0.25) is 0 Å². The molecule has 0 aromatic heterocycles. The molecule has 0 amide bonds. The fraction of sp³-hybridized carbons (Fsp3) is 1.00. The first kappa shape index (κ1) is 14.3. The van der Waals surface area contributed by atoms with Gasteiger partial charge in [0.05, 0.1) is 5.25 Å². The molecule has 18 heavy (non-hydrogen) atoms. The summed E-state index contributed by atoms with van der Waals surface area (Å²) in [6.07, 6.45) is 8.87. The maximum Gasteiger partial charge on any atom is 0.150 e. The fourth-order valence-corrected chi connectivity index (χ4v) is 4.32. The van der Waals surface area contributed by atoms with Crippen molar-refractivity contribution >= 4 is 9.84 Å². The Morgan fingerprint density at radius 1 is 1.17 bits per heavy atom. The van der Waals surface area contributed by atoms with Gasteiger partial charge in [-0.3, -0.25) is 4.90 Å². The number of hydrogen-bond donors (Lipinski definition) is 1. The smallest absolute Gasteiger partial charge is 0.150 e. The summed E-state index contributed by atoms with van der Waals surface area (Å²) in [6, 6.07) is 1.18. The van der Waals surface area contributed by atoms with Gasteiger partial charge in [0, 0.05) is 18.3 Å². The molecule has 0 aliphatic heterocycles. The molecule has 106 valence electrons. The number of nitrogens with zero attached hydrogens (tertiary/aromatic N) is 1. The Morgan fingerprint density at radius 3 is 2.44 bits per heavy atom. The van der Waals surface area contributed by atoms with Crippen molar-refractivity contribution in [1.82, 2.24) is 4.90 Å². The summed E-state index contributed by atoms with van der Waals surface area (Å²) in [6.45, 7) is 1.77. The zero-order chi connectivity index (χ0) is 13.2. The van der Waals surface area contributed by atoms with Gasteiger partial charge in [-0.05, 0) is 51.6 Å². The average molecular weight is 274 g/mol. The van der Waals surface area contributed by atoms with Gasteiger partial charge in [-0.25, -0.2) is 8.42 Å². The number of hydrogen-bond acceptors (Lipinski definition) is 4. The van der Waals surface area contributed by atoms with Crippen molar-refractivity contribution in [3.63, 3.8) is 0 Å². The van der Waals surface area contributed by atoms with E-state index in [1.54, 1.807) is 0 Å². The summed E-state index contributed by atoms with van der Waals surface area (Å²) in [5.41, 5.74) is 5.60. The lowest BCUT2D eigenvalue weighted by atomic mass is 9.93. The minimum Gasteiger partial charge on any atom is -0.330 e. The Morgan fingerprint density at radius 2 is 1.89 bits per heavy atom. The molecule has 0 saturated heterocycles. The van der Waals surface area contributed by atoms with Crippen molar-refractivity contribution in [3.8, 4) is 0 Å². The molecule has 2 aliphatic carbocycles. The molecule has 2 saturated carbocycles. The molecular formula is C13H26N2O2S. The minimum atomic E-state index is -2.87. The van der Waals surface area contributed by atoms with E-state index in [0.717, 1.165) is 45.2 Å². The van der Waals surface area contributed by atoms with Crippen molar-refractivity contribution in [3.05, 3.63) is 0 Å². The van der Waals surface area contributed by atoms with Gasteiger partial charge in [0.1, 0.15) is 9.84 Å². The summed E-state index contributed by atoms with van der Waals surface area (Å²) in [5.74, 6) is 0. The minimum absolute atomic E-state index is 0.115. The second kappa shape index (κ2) is 5.88. The third kappa shape index (κ3) is 3.68. The Hall–Kier alpha value is -0.130. The zero-order valence-corrected chi connectivity index (χ0v) is 12.2. The molecule has 0 aromatic rings. The van der Waals surface area contributed by atoms with Gasteiger partial charge < -0.3 is 5.73 Å². The van der Waals surface area contributed by atoms with Gasteiger partial charge in [0.25, 0.3) is 0 Å². The second-order valence-corrected chi connectivity index (χ2v) is 8.21. The fourth-order valence-electron chi connectivity index (χ4n) is 3.15. The summed E-state index contributed by atoms with van der Waals surface area (Å²) in [5, 5.41) is -0.115. The quantitative estimate of drug-likeness (QED) is 0.789. The van der Waals surface area contributed by atoms with E-state index in [0.29, 0.717) is 12.1 Å². The molecule has 0 aromatic carbocycles. The van der Waals surface area contributed by atoms with Gasteiger partial charge in [-0.2, -0.15) is 0 Å². The highest BCUT2D eigenvalue weighted by Crippen LogP contribution is 2.35. The van der Waals surface area contributed by atoms with E-state index in [1.165, 1.54) is 19.1 Å². The molecule has 5 heteroatoms. The number of nitrogens with two attached hydrogens (primary N) is 1. The first-order chi connectivity index (χ1) is 8.52. The Balaban J connectivity index is 1.97. The molecule has 2 N–H and O–H groups in total. The van der Waals surface area contributed by atoms with Crippen LogP contribution >= 0.6 is 0 Å². The molecule has 2 fully saturated rings. The monoisotopic (exact) mass is 274 g/mol. The second-order valence-electron chi connectivity index (χ2n) is 5.88. The highest BCUT2D eigenvalue weighted by molar-refractivity contribution is 7.91. The van der Waals surface area contributed by atoms with Gasteiger partial charge in [-0.15, -0.1) is 0 Å². The third-order valence-electron chi connectivity index (χ3n) is 4.31. The largest absolute Gasteiger partial charge is 0.330 e. The van der Waals surface area contributed by atoms with Crippen LogP contribution in [-0.4, -0.2) is 50.0 Å². The average Bonchev–Trinajstić information content (AvgIpc) is 3.13. The first-order valence-electron chi connectivity index (χ1n) is 7.17. The van der Waals surface area contributed by atoms with Crippen LogP contribution in [0.25, 0.3) is 0 Å². The Labute approximate surface area is 111 Å². The van der Waals surface area contributed by atoms with Crippen LogP contribution in [0.4, 0.5) is 0 Å². The van der Waals surface area contributed by atoms with E-state index in [9.17, 15) is 8.42 Å². The predicted molar refractivity (Wildman–Crippen MR) is 74.3 cm³/mol. The zero-order valence-electron chi connectivity index (χ0n) is 11.3. The highest BCUT2D eigenvalue weighted by Gasteiger charge is 2.37. The van der Waals surface area contributed by atoms with Gasteiger partial charge >= 0.3 is 0 Å². The molecule has 2 unspecified atom stereocenters. The van der Waals surface area contributed by atoms with Crippen LogP contribution in [0.15, 0.2) is 0 Å². The Kier molecular flexibility index (Phi) is 4.67. The topological polar surface area (TPSA) is 63.4 Å². The van der Waals surface area contributed by atoms with E-state index >= 15 is 0 Å². The number of rotatable bonds is 6. The Bertz CT molecular complexity index is 365. The molecule has 0 heterocycles. The van der Waals surface area contributed by atoms with Crippen LogP contribution in [0.5, 0.6) is 0 Å². The third-order valence-corrected chi connectivity index (χ3v) is 5.95. The van der Waals surface area contributed by atoms with Crippen LogP contribution in [-0.2, 0) is 9.84 Å². The molecule has 0 bridgehead atoms. The summed E-state index contributed by atoms with van der Waals surface area (Å²) in [7, 11) is -2.87. The van der Waals surface area contributed by atoms with Crippen molar-refractivity contribution in [2.24, 2.45) is 5.73 Å². The molecule has 0 radical (unpaired) electrons. The van der Waals surface area contributed by atoms with Crippen LogP contribution in [0.2, 0.25) is 0 Å². The maximum atomic E-state index is 11.7. The van der Waals surface area contributed by atoms with E-state index in [1.807, 2.05) is 0 Å². The van der Waals surface area contributed by atoms with Crippen LogP contribution in [0, 0.1) is 0 Å². The molecular weight excluding hydrogens is 248 g/mol. The summed E-state index contributed by atoms with van der Waals surface area (Å²) < 4.78 is 23.4. The molecule has 2 rings (SSSR count). The van der Waals surface area contributed by atoms with E-state index in [2.05, 4.69) is 4.90 Å². The number of sulfone groups is 1. The van der Waals surface area contributed by atoms with Crippen molar-refractivity contribution in [2.75, 3.05) is 19.3 Å². The van der Waals surface area contributed by atoms with Crippen LogP contribution in [0.3, 0.4) is 0 Å². The van der Waals surface area contributed by atoms with Crippen molar-refractivity contribution in [1.29, 1.82) is 0 Å². The first-order valence-corrected chi connectivity index (χ1v) is 9.12. The summed E-state index contributed by atoms with van der Waals surface area (Å²) >= 11 is 0. The predicted octanol–water partition coefficient (Wildman–Crippen LogP) is 1.16. The van der Waals surface area contributed by atoms with Crippen molar-refractivity contribution < 1.29 is 8.42 Å². The normalized spacial score (nSPS) is 29.7.